The van der Waals surface area contributed by atoms with Gasteiger partial charge in [0.05, 0.1) is 19.3 Å². The number of hydrogen-bond donors (Lipinski definition) is 0. The van der Waals surface area contributed by atoms with E-state index in [1.807, 2.05) is 6.92 Å². The highest BCUT2D eigenvalue weighted by Gasteiger charge is 1.93. The lowest BCUT2D eigenvalue weighted by atomic mass is 10.4. The number of methoxy groups -OCH3 is 2. The van der Waals surface area contributed by atoms with E-state index in [2.05, 4.69) is 4.74 Å². The van der Waals surface area contributed by atoms with Crippen molar-refractivity contribution in [1.29, 1.82) is 0 Å². The Morgan fingerprint density at radius 1 is 1.29 bits per heavy atom. The van der Waals surface area contributed by atoms with E-state index in [4.69, 9.17) is 9.47 Å². The van der Waals surface area contributed by atoms with Crippen molar-refractivity contribution in [3.05, 3.63) is 0 Å². The molecular weight excluding hydrogens is 184 g/mol. The maximum absolute atomic E-state index is 10.2. The minimum Gasteiger partial charge on any atom is -0.466 e. The van der Waals surface area contributed by atoms with Crippen LogP contribution in [0.2, 0.25) is 0 Å². The molecule has 86 valence electrons. The summed E-state index contributed by atoms with van der Waals surface area (Å²) in [5, 5.41) is 0. The molecule has 0 saturated carbocycles. The van der Waals surface area contributed by atoms with Crippen molar-refractivity contribution < 1.29 is 19.0 Å². The molecule has 0 radical (unpaired) electrons. The van der Waals surface area contributed by atoms with E-state index in [1.165, 1.54) is 0 Å². The summed E-state index contributed by atoms with van der Waals surface area (Å²) < 4.78 is 14.2. The first-order chi connectivity index (χ1) is 6.62. The van der Waals surface area contributed by atoms with Gasteiger partial charge in [0, 0.05) is 20.6 Å². The molecule has 0 aromatic rings. The highest BCUT2D eigenvalue weighted by molar-refractivity contribution is 5.68. The maximum Gasteiger partial charge on any atom is 0.305 e. The van der Waals surface area contributed by atoms with Crippen LogP contribution >= 0.6 is 0 Å². The third-order valence-electron chi connectivity index (χ3n) is 1.40. The molecule has 0 amide bonds. The summed E-state index contributed by atoms with van der Waals surface area (Å²) in [6.07, 6.45) is 0.707. The van der Waals surface area contributed by atoms with Gasteiger partial charge < -0.3 is 14.2 Å². The van der Waals surface area contributed by atoms with Crippen molar-refractivity contribution in [3.63, 3.8) is 0 Å². The molecule has 0 rings (SSSR count). The maximum atomic E-state index is 10.2. The molecule has 0 aliphatic carbocycles. The van der Waals surface area contributed by atoms with Gasteiger partial charge in [0.15, 0.2) is 0 Å². The van der Waals surface area contributed by atoms with Crippen LogP contribution in [0.4, 0.5) is 0 Å². The Hall–Kier alpha value is -0.610. The Kier molecular flexibility index (Phi) is 14.0. The molecule has 0 heterocycles. The topological polar surface area (TPSA) is 44.8 Å². The van der Waals surface area contributed by atoms with Crippen LogP contribution in [0.3, 0.4) is 0 Å². The minimum atomic E-state index is -0.123. The van der Waals surface area contributed by atoms with Gasteiger partial charge in [-0.2, -0.15) is 0 Å². The van der Waals surface area contributed by atoms with Gasteiger partial charge >= 0.3 is 5.97 Å². The summed E-state index contributed by atoms with van der Waals surface area (Å²) >= 11 is 0. The van der Waals surface area contributed by atoms with E-state index < -0.39 is 0 Å². The smallest absolute Gasteiger partial charge is 0.305 e. The van der Waals surface area contributed by atoms with Gasteiger partial charge in [-0.15, -0.1) is 0 Å². The first kappa shape index (κ1) is 15.8. The fourth-order valence-corrected chi connectivity index (χ4v) is 0.566. The lowest BCUT2D eigenvalue weighted by molar-refractivity contribution is -0.142. The first-order valence-corrected chi connectivity index (χ1v) is 4.79. The molecule has 0 saturated heterocycles. The van der Waals surface area contributed by atoms with Crippen LogP contribution in [0.15, 0.2) is 0 Å². The molecule has 0 aromatic carbocycles. The monoisotopic (exact) mass is 206 g/mol. The van der Waals surface area contributed by atoms with Gasteiger partial charge in [-0.1, -0.05) is 6.92 Å². The summed E-state index contributed by atoms with van der Waals surface area (Å²) in [5.74, 6) is -0.123. The molecule has 0 aromatic heterocycles. The van der Waals surface area contributed by atoms with Crippen LogP contribution in [0.1, 0.15) is 27.2 Å². The van der Waals surface area contributed by atoms with Crippen LogP contribution in [-0.2, 0) is 19.0 Å². The second-order valence-electron chi connectivity index (χ2n) is 2.66. The van der Waals surface area contributed by atoms with Crippen molar-refractivity contribution >= 4 is 5.97 Å². The Morgan fingerprint density at radius 2 is 1.86 bits per heavy atom. The fourth-order valence-electron chi connectivity index (χ4n) is 0.566. The Morgan fingerprint density at radius 3 is 2.00 bits per heavy atom. The molecule has 0 fully saturated rings. The molecule has 4 nitrogen and oxygen atoms in total. The van der Waals surface area contributed by atoms with E-state index in [0.29, 0.717) is 19.6 Å². The zero-order chi connectivity index (χ0) is 11.4. The normalized spacial score (nSPS) is 11.2. The predicted molar refractivity (Wildman–Crippen MR) is 55.3 cm³/mol. The zero-order valence-electron chi connectivity index (χ0n) is 9.83. The molecular formula is C10H22O4. The second kappa shape index (κ2) is 12.4. The highest BCUT2D eigenvalue weighted by Crippen LogP contribution is 1.84. The number of carbonyl (C=O) groups excluding carboxylic acids is 1. The highest BCUT2D eigenvalue weighted by atomic mass is 16.5. The van der Waals surface area contributed by atoms with Crippen molar-refractivity contribution in [2.45, 2.75) is 33.3 Å². The summed E-state index contributed by atoms with van der Waals surface area (Å²) in [5.41, 5.74) is 0. The Bertz CT molecular complexity index is 125. The minimum absolute atomic E-state index is 0.123. The van der Waals surface area contributed by atoms with Gasteiger partial charge in [-0.25, -0.2) is 0 Å². The molecule has 14 heavy (non-hydrogen) atoms. The summed E-state index contributed by atoms with van der Waals surface area (Å²) in [7, 11) is 3.33. The molecule has 0 aliphatic heterocycles. The van der Waals surface area contributed by atoms with Gasteiger partial charge in [-0.05, 0) is 13.8 Å². The van der Waals surface area contributed by atoms with E-state index in [1.54, 1.807) is 28.1 Å². The number of esters is 1. The van der Waals surface area contributed by atoms with E-state index in [0.717, 1.165) is 0 Å². The Balaban J connectivity index is 0. The van der Waals surface area contributed by atoms with Crippen molar-refractivity contribution in [2.75, 3.05) is 27.4 Å². The van der Waals surface area contributed by atoms with Gasteiger partial charge in [0.1, 0.15) is 0 Å². The quantitative estimate of drug-likeness (QED) is 0.641. The van der Waals surface area contributed by atoms with E-state index >= 15 is 0 Å². The lowest BCUT2D eigenvalue weighted by Gasteiger charge is -2.05. The summed E-state index contributed by atoms with van der Waals surface area (Å²) in [4.78, 5) is 10.2. The van der Waals surface area contributed by atoms with Crippen molar-refractivity contribution in [1.82, 2.24) is 0 Å². The summed E-state index contributed by atoms with van der Waals surface area (Å²) in [6, 6.07) is 0. The molecule has 1 atom stereocenters. The number of rotatable bonds is 5. The molecule has 0 bridgehead atoms. The largest absolute Gasteiger partial charge is 0.466 e. The second-order valence-corrected chi connectivity index (χ2v) is 2.66. The Labute approximate surface area is 86.5 Å². The zero-order valence-corrected chi connectivity index (χ0v) is 9.83. The third kappa shape index (κ3) is 13.9. The van der Waals surface area contributed by atoms with Crippen molar-refractivity contribution in [3.8, 4) is 0 Å². The van der Waals surface area contributed by atoms with E-state index in [9.17, 15) is 4.79 Å². The van der Waals surface area contributed by atoms with Crippen LogP contribution in [0, 0.1) is 0 Å². The molecule has 0 spiro atoms. The van der Waals surface area contributed by atoms with Crippen molar-refractivity contribution in [2.24, 2.45) is 0 Å². The third-order valence-corrected chi connectivity index (χ3v) is 1.40. The standard InChI is InChI=1S/C5H12O2.C5H10O2/c1-5(7-3)4-6-2;1-3-5(6)7-4-2/h5H,4H2,1-3H3;3-4H2,1-2H3. The van der Waals surface area contributed by atoms with Crippen LogP contribution in [0.5, 0.6) is 0 Å². The van der Waals surface area contributed by atoms with E-state index in [-0.39, 0.29) is 12.1 Å². The van der Waals surface area contributed by atoms with Crippen LogP contribution in [0.25, 0.3) is 0 Å². The SMILES string of the molecule is CCOC(=O)CC.COCC(C)OC. The number of ether oxygens (including phenoxy) is 3. The fraction of sp³-hybridized carbons (Fsp3) is 0.900. The molecule has 0 aliphatic rings. The predicted octanol–water partition coefficient (Wildman–Crippen LogP) is 1.63. The first-order valence-electron chi connectivity index (χ1n) is 4.79. The summed E-state index contributed by atoms with van der Waals surface area (Å²) in [6.45, 7) is 6.71. The number of hydrogen-bond acceptors (Lipinski definition) is 4. The van der Waals surface area contributed by atoms with Gasteiger partial charge in [0.2, 0.25) is 0 Å². The van der Waals surface area contributed by atoms with Crippen LogP contribution in [-0.4, -0.2) is 39.5 Å². The molecule has 0 N–H and O–H groups in total. The lowest BCUT2D eigenvalue weighted by Crippen LogP contribution is -2.11. The average molecular weight is 206 g/mol. The van der Waals surface area contributed by atoms with Gasteiger partial charge in [-0.3, -0.25) is 4.79 Å². The van der Waals surface area contributed by atoms with Crippen LogP contribution < -0.4 is 0 Å². The number of carbonyl (C=O) groups is 1. The molecule has 4 heteroatoms. The van der Waals surface area contributed by atoms with Gasteiger partial charge in [0.25, 0.3) is 0 Å². The average Bonchev–Trinajstić information content (AvgIpc) is 2.19. The molecule has 1 unspecified atom stereocenters.